The van der Waals surface area contributed by atoms with Crippen molar-refractivity contribution in [1.29, 1.82) is 0 Å². The maximum atomic E-state index is 12.7. The number of carbonyl (C=O) groups excluding carboxylic acids is 3. The molecule has 1 heterocycles. The average Bonchev–Trinajstić information content (AvgIpc) is 2.56. The van der Waals surface area contributed by atoms with Crippen LogP contribution in [0.3, 0.4) is 0 Å². The summed E-state index contributed by atoms with van der Waals surface area (Å²) in [6.07, 6.45) is 0. The highest BCUT2D eigenvalue weighted by atomic mass is 19.3. The van der Waals surface area contributed by atoms with Crippen molar-refractivity contribution in [2.45, 2.75) is 12.7 Å². The Kier molecular flexibility index (Phi) is 6.41. The molecule has 1 aromatic rings. The molecule has 26 heavy (non-hydrogen) atoms. The number of nitrogens with one attached hydrogen (secondary N) is 2. The zero-order valence-electron chi connectivity index (χ0n) is 13.8. The third-order valence-electron chi connectivity index (χ3n) is 3.57. The number of likely N-dealkylation sites (N-methyl/N-ethyl adjacent to an activating group) is 1. The largest absolute Gasteiger partial charge is 0.433 e. The van der Waals surface area contributed by atoms with Crippen molar-refractivity contribution in [3.63, 3.8) is 0 Å². The Labute approximate surface area is 147 Å². The number of primary amides is 1. The van der Waals surface area contributed by atoms with Crippen LogP contribution in [0.15, 0.2) is 18.2 Å². The van der Waals surface area contributed by atoms with Crippen LogP contribution in [0.1, 0.15) is 0 Å². The van der Waals surface area contributed by atoms with E-state index in [0.29, 0.717) is 12.3 Å². The van der Waals surface area contributed by atoms with Gasteiger partial charge >= 0.3 is 6.61 Å². The van der Waals surface area contributed by atoms with Gasteiger partial charge in [0.15, 0.2) is 11.8 Å². The summed E-state index contributed by atoms with van der Waals surface area (Å²) >= 11 is 0. The van der Waals surface area contributed by atoms with E-state index in [-0.39, 0.29) is 30.5 Å². The summed E-state index contributed by atoms with van der Waals surface area (Å²) in [5.41, 5.74) is 5.30. The lowest BCUT2D eigenvalue weighted by Crippen LogP contribution is -2.48. The molecule has 11 heteroatoms. The number of benzene rings is 1. The van der Waals surface area contributed by atoms with Crippen LogP contribution in [0, 0.1) is 0 Å². The Morgan fingerprint density at radius 1 is 1.38 bits per heavy atom. The summed E-state index contributed by atoms with van der Waals surface area (Å²) in [5.74, 6) is -2.46. The van der Waals surface area contributed by atoms with Crippen molar-refractivity contribution in [2.24, 2.45) is 5.73 Å². The zero-order valence-corrected chi connectivity index (χ0v) is 13.8. The molecule has 1 atom stereocenters. The van der Waals surface area contributed by atoms with Gasteiger partial charge in [0.25, 0.3) is 11.8 Å². The highest BCUT2D eigenvalue weighted by Gasteiger charge is 2.25. The molecule has 0 bridgehead atoms. The predicted octanol–water partition coefficient (Wildman–Crippen LogP) is -0.337. The molecule has 142 valence electrons. The normalized spacial score (nSPS) is 15.7. The number of ether oxygens (including phenoxy) is 2. The molecule has 0 aliphatic carbocycles. The van der Waals surface area contributed by atoms with E-state index in [1.165, 1.54) is 30.1 Å². The topological polar surface area (TPSA) is 123 Å². The van der Waals surface area contributed by atoms with Crippen LogP contribution >= 0.6 is 0 Å². The third-order valence-corrected chi connectivity index (χ3v) is 3.57. The Morgan fingerprint density at radius 3 is 2.69 bits per heavy atom. The number of nitrogens with zero attached hydrogens (tertiary/aromatic N) is 1. The van der Waals surface area contributed by atoms with Crippen LogP contribution in [0.2, 0.25) is 0 Å². The van der Waals surface area contributed by atoms with Gasteiger partial charge in [-0.15, -0.1) is 0 Å². The van der Waals surface area contributed by atoms with Crippen LogP contribution in [-0.4, -0.2) is 57.2 Å². The van der Waals surface area contributed by atoms with E-state index in [1.807, 2.05) is 0 Å². The monoisotopic (exact) mass is 372 g/mol. The number of carbonyl (C=O) groups is 3. The molecule has 1 aliphatic heterocycles. The van der Waals surface area contributed by atoms with Crippen LogP contribution in [0.4, 0.5) is 20.2 Å². The Hall–Kier alpha value is -2.79. The van der Waals surface area contributed by atoms with Crippen LogP contribution < -0.4 is 26.0 Å². The van der Waals surface area contributed by atoms with Gasteiger partial charge in [-0.25, -0.2) is 0 Å². The van der Waals surface area contributed by atoms with Gasteiger partial charge in [0.05, 0.1) is 12.3 Å². The van der Waals surface area contributed by atoms with Gasteiger partial charge in [0.2, 0.25) is 5.91 Å². The molecule has 0 unspecified atom stereocenters. The first-order valence-corrected chi connectivity index (χ1v) is 7.58. The van der Waals surface area contributed by atoms with Gasteiger partial charge in [0.1, 0.15) is 6.61 Å². The molecule has 1 aromatic carbocycles. The summed E-state index contributed by atoms with van der Waals surface area (Å²) in [7, 11) is 1.35. The van der Waals surface area contributed by atoms with Gasteiger partial charge in [-0.1, -0.05) is 0 Å². The molecule has 9 nitrogen and oxygen atoms in total. The van der Waals surface area contributed by atoms with E-state index >= 15 is 0 Å². The summed E-state index contributed by atoms with van der Waals surface area (Å²) in [6, 6.07) is 2.59. The molecule has 0 saturated carbocycles. The van der Waals surface area contributed by atoms with Crippen molar-refractivity contribution in [1.82, 2.24) is 5.32 Å². The van der Waals surface area contributed by atoms with E-state index in [1.54, 1.807) is 0 Å². The van der Waals surface area contributed by atoms with Gasteiger partial charge in [-0.3, -0.25) is 14.4 Å². The quantitative estimate of drug-likeness (QED) is 0.563. The molecule has 0 radical (unpaired) electrons. The van der Waals surface area contributed by atoms with Crippen molar-refractivity contribution >= 4 is 29.1 Å². The number of morpholine rings is 1. The summed E-state index contributed by atoms with van der Waals surface area (Å²) in [6.45, 7) is -2.72. The predicted molar refractivity (Wildman–Crippen MR) is 86.9 cm³/mol. The van der Waals surface area contributed by atoms with Crippen molar-refractivity contribution in [3.8, 4) is 5.75 Å². The molecule has 0 aromatic heterocycles. The highest BCUT2D eigenvalue weighted by molar-refractivity contribution is 6.10. The molecule has 1 saturated heterocycles. The first-order chi connectivity index (χ1) is 12.3. The molecule has 1 aliphatic rings. The second-order valence-electron chi connectivity index (χ2n) is 5.27. The molecule has 0 spiro atoms. The first kappa shape index (κ1) is 19.5. The molecule has 4 N–H and O–H groups in total. The van der Waals surface area contributed by atoms with E-state index in [2.05, 4.69) is 15.4 Å². The Bertz CT molecular complexity index is 701. The number of alkyl halides is 2. The van der Waals surface area contributed by atoms with Gasteiger partial charge in [-0.05, 0) is 19.2 Å². The molecular weight excluding hydrogens is 354 g/mol. The highest BCUT2D eigenvalue weighted by Crippen LogP contribution is 2.32. The minimum atomic E-state index is -3.16. The molecule has 2 rings (SSSR count). The van der Waals surface area contributed by atoms with Crippen molar-refractivity contribution < 1.29 is 32.6 Å². The lowest BCUT2D eigenvalue weighted by atomic mass is 10.2. The number of anilines is 2. The number of nitrogens with two attached hydrogens (primary N) is 1. The van der Waals surface area contributed by atoms with Crippen molar-refractivity contribution in [3.05, 3.63) is 18.2 Å². The van der Waals surface area contributed by atoms with Crippen LogP contribution in [0.25, 0.3) is 0 Å². The summed E-state index contributed by atoms with van der Waals surface area (Å²) in [5, 5.41) is 4.71. The fourth-order valence-electron chi connectivity index (χ4n) is 2.37. The number of halogens is 2. The molecule has 1 fully saturated rings. The second kappa shape index (κ2) is 8.54. The van der Waals surface area contributed by atoms with Crippen LogP contribution in [-0.2, 0) is 19.1 Å². The van der Waals surface area contributed by atoms with Gasteiger partial charge in [-0.2, -0.15) is 8.78 Å². The fraction of sp³-hybridized carbons (Fsp3) is 0.400. The third kappa shape index (κ3) is 4.64. The minimum absolute atomic E-state index is 0.0961. The van der Waals surface area contributed by atoms with Crippen LogP contribution in [0.5, 0.6) is 5.75 Å². The average molecular weight is 372 g/mol. The van der Waals surface area contributed by atoms with E-state index in [4.69, 9.17) is 10.5 Å². The number of hydrogen-bond donors (Lipinski definition) is 3. The van der Waals surface area contributed by atoms with Gasteiger partial charge in [0, 0.05) is 18.3 Å². The van der Waals surface area contributed by atoms with E-state index < -0.39 is 24.5 Å². The Morgan fingerprint density at radius 2 is 2.12 bits per heavy atom. The number of hydrogen-bond acceptors (Lipinski definition) is 6. The van der Waals surface area contributed by atoms with Crippen molar-refractivity contribution in [2.75, 3.05) is 37.0 Å². The summed E-state index contributed by atoms with van der Waals surface area (Å²) < 4.78 is 34.9. The second-order valence-corrected chi connectivity index (χ2v) is 5.27. The smallest absolute Gasteiger partial charge is 0.387 e. The maximum absolute atomic E-state index is 12.7. The molecular formula is C15H18F2N4O5. The minimum Gasteiger partial charge on any atom is -0.433 e. The number of amides is 3. The van der Waals surface area contributed by atoms with E-state index in [9.17, 15) is 23.2 Å². The lowest BCUT2D eigenvalue weighted by Gasteiger charge is -2.27. The maximum Gasteiger partial charge on any atom is 0.387 e. The molecule has 3 amide bonds. The van der Waals surface area contributed by atoms with Gasteiger partial charge < -0.3 is 30.7 Å². The standard InChI is InChI=1S/C15H18F2N4O5/c1-19-12(13(18)23)14(24)20-9-3-2-8(6-10(9)26-15(16)17)21-4-5-25-7-11(21)22/h2-3,6,12,15,19H,4-5,7H2,1H3,(H2,18,23)(H,20,24)/t12-/m0/s1. The number of rotatable bonds is 7. The van der Waals surface area contributed by atoms with E-state index in [0.717, 1.165) is 0 Å². The Balaban J connectivity index is 2.29. The first-order valence-electron chi connectivity index (χ1n) is 7.58. The lowest BCUT2D eigenvalue weighted by molar-refractivity contribution is -0.128. The summed E-state index contributed by atoms with van der Waals surface area (Å²) in [4.78, 5) is 36.5. The fourth-order valence-corrected chi connectivity index (χ4v) is 2.37. The SMILES string of the molecule is CN[C@@H](C(N)=O)C(=O)Nc1ccc(N2CCOCC2=O)cc1OC(F)F. The zero-order chi connectivity index (χ0) is 19.3.